The summed E-state index contributed by atoms with van der Waals surface area (Å²) in [5.41, 5.74) is 4.98. The number of carbonyl (C=O) groups is 1. The van der Waals surface area contributed by atoms with E-state index in [9.17, 15) is 4.79 Å². The van der Waals surface area contributed by atoms with Gasteiger partial charge in [0.1, 0.15) is 11.5 Å². The molecule has 1 aromatic carbocycles. The van der Waals surface area contributed by atoms with Gasteiger partial charge >= 0.3 is 0 Å². The van der Waals surface area contributed by atoms with E-state index < -0.39 is 5.60 Å². The van der Waals surface area contributed by atoms with Crippen molar-refractivity contribution in [1.29, 1.82) is 0 Å². The molecule has 1 saturated heterocycles. The van der Waals surface area contributed by atoms with Crippen LogP contribution in [-0.2, 0) is 4.79 Å². The summed E-state index contributed by atoms with van der Waals surface area (Å²) in [6, 6.07) is 7.45. The highest BCUT2D eigenvalue weighted by Gasteiger charge is 2.35. The predicted molar refractivity (Wildman–Crippen MR) is 81.5 cm³/mol. The Balaban J connectivity index is 2.00. The van der Waals surface area contributed by atoms with Gasteiger partial charge in [-0.2, -0.15) is 0 Å². The van der Waals surface area contributed by atoms with Gasteiger partial charge < -0.3 is 20.1 Å². The molecular formula is C16H24N2O3. The van der Waals surface area contributed by atoms with Gasteiger partial charge in [0.15, 0.2) is 5.60 Å². The van der Waals surface area contributed by atoms with E-state index in [0.29, 0.717) is 18.8 Å². The summed E-state index contributed by atoms with van der Waals surface area (Å²) in [6.45, 7) is 5.01. The molecule has 0 aromatic heterocycles. The molecule has 21 heavy (non-hydrogen) atoms. The van der Waals surface area contributed by atoms with Crippen LogP contribution in [0.15, 0.2) is 24.3 Å². The molecule has 0 radical (unpaired) electrons. The lowest BCUT2D eigenvalue weighted by atomic mass is 10.0. The Morgan fingerprint density at radius 3 is 2.24 bits per heavy atom. The fraction of sp³-hybridized carbons (Fsp3) is 0.562. The Labute approximate surface area is 126 Å². The Hall–Kier alpha value is -1.75. The zero-order chi connectivity index (χ0) is 15.5. The first-order chi connectivity index (χ1) is 9.92. The van der Waals surface area contributed by atoms with Crippen LogP contribution in [0, 0.1) is 0 Å². The molecule has 1 aliphatic heterocycles. The smallest absolute Gasteiger partial charge is 0.266 e. The highest BCUT2D eigenvalue weighted by atomic mass is 16.5. The molecule has 0 unspecified atom stereocenters. The van der Waals surface area contributed by atoms with Gasteiger partial charge in [0, 0.05) is 19.1 Å². The number of methoxy groups -OCH3 is 1. The standard InChI is InChI=1S/C16H24N2O3/c1-16(2,15(19)18-10-8-12(17)9-11-18)21-14-6-4-13(20-3)5-7-14/h4-7,12H,8-11,17H2,1-3H3. The first-order valence-corrected chi connectivity index (χ1v) is 7.30. The van der Waals surface area contributed by atoms with Crippen LogP contribution in [0.2, 0.25) is 0 Å². The van der Waals surface area contributed by atoms with Gasteiger partial charge in [-0.15, -0.1) is 0 Å². The number of hydrogen-bond donors (Lipinski definition) is 1. The van der Waals surface area contributed by atoms with Crippen LogP contribution in [-0.4, -0.2) is 42.6 Å². The van der Waals surface area contributed by atoms with Gasteiger partial charge in [-0.05, 0) is 51.0 Å². The maximum Gasteiger partial charge on any atom is 0.266 e. The van der Waals surface area contributed by atoms with Gasteiger partial charge in [0.2, 0.25) is 0 Å². The zero-order valence-electron chi connectivity index (χ0n) is 13.0. The molecule has 0 bridgehead atoms. The average Bonchev–Trinajstić information content (AvgIpc) is 2.48. The third-order valence-electron chi connectivity index (χ3n) is 3.77. The molecular weight excluding hydrogens is 268 g/mol. The molecule has 5 heteroatoms. The number of nitrogens with two attached hydrogens (primary N) is 1. The number of amides is 1. The first-order valence-electron chi connectivity index (χ1n) is 7.30. The number of piperidine rings is 1. The van der Waals surface area contributed by atoms with E-state index in [-0.39, 0.29) is 11.9 Å². The van der Waals surface area contributed by atoms with E-state index in [2.05, 4.69) is 0 Å². The van der Waals surface area contributed by atoms with Crippen molar-refractivity contribution < 1.29 is 14.3 Å². The van der Waals surface area contributed by atoms with Crippen LogP contribution in [0.3, 0.4) is 0 Å². The van der Waals surface area contributed by atoms with Crippen molar-refractivity contribution in [3.05, 3.63) is 24.3 Å². The van der Waals surface area contributed by atoms with Crippen LogP contribution < -0.4 is 15.2 Å². The largest absolute Gasteiger partial charge is 0.497 e. The summed E-state index contributed by atoms with van der Waals surface area (Å²) in [4.78, 5) is 14.4. The molecule has 1 amide bonds. The Morgan fingerprint density at radius 2 is 1.71 bits per heavy atom. The van der Waals surface area contributed by atoms with Gasteiger partial charge in [0.05, 0.1) is 7.11 Å². The van der Waals surface area contributed by atoms with E-state index in [4.69, 9.17) is 15.2 Å². The molecule has 0 aliphatic carbocycles. The van der Waals surface area contributed by atoms with Crippen molar-refractivity contribution in [2.45, 2.75) is 38.3 Å². The number of nitrogens with zero attached hydrogens (tertiary/aromatic N) is 1. The molecule has 0 saturated carbocycles. The predicted octanol–water partition coefficient (Wildman–Crippen LogP) is 1.80. The summed E-state index contributed by atoms with van der Waals surface area (Å²) in [7, 11) is 1.62. The van der Waals surface area contributed by atoms with E-state index in [1.54, 1.807) is 33.1 Å². The number of carbonyl (C=O) groups excluding carboxylic acids is 1. The van der Waals surface area contributed by atoms with Gasteiger partial charge in [-0.25, -0.2) is 0 Å². The molecule has 2 rings (SSSR count). The molecule has 2 N–H and O–H groups in total. The number of likely N-dealkylation sites (tertiary alicyclic amines) is 1. The van der Waals surface area contributed by atoms with Crippen LogP contribution in [0.1, 0.15) is 26.7 Å². The Morgan fingerprint density at radius 1 is 1.19 bits per heavy atom. The molecule has 0 spiro atoms. The molecule has 1 heterocycles. The molecule has 1 fully saturated rings. The summed E-state index contributed by atoms with van der Waals surface area (Å²) < 4.78 is 11.0. The normalized spacial score (nSPS) is 16.7. The SMILES string of the molecule is COc1ccc(OC(C)(C)C(=O)N2CCC(N)CC2)cc1. The van der Waals surface area contributed by atoms with Crippen LogP contribution >= 0.6 is 0 Å². The molecule has 1 aliphatic rings. The summed E-state index contributed by atoms with van der Waals surface area (Å²) in [6.07, 6.45) is 1.70. The van der Waals surface area contributed by atoms with Crippen molar-refractivity contribution in [3.8, 4) is 11.5 Å². The lowest BCUT2D eigenvalue weighted by molar-refractivity contribution is -0.146. The Kier molecular flexibility index (Phi) is 4.73. The number of hydrogen-bond acceptors (Lipinski definition) is 4. The summed E-state index contributed by atoms with van der Waals surface area (Å²) in [5, 5.41) is 0. The summed E-state index contributed by atoms with van der Waals surface area (Å²) in [5.74, 6) is 1.42. The van der Waals surface area contributed by atoms with E-state index in [0.717, 1.165) is 18.6 Å². The van der Waals surface area contributed by atoms with Crippen LogP contribution in [0.25, 0.3) is 0 Å². The van der Waals surface area contributed by atoms with Crippen molar-refractivity contribution in [2.75, 3.05) is 20.2 Å². The number of benzene rings is 1. The first kappa shape index (κ1) is 15.6. The second-order valence-electron chi connectivity index (χ2n) is 5.92. The molecule has 1 aromatic rings. The minimum atomic E-state index is -0.893. The summed E-state index contributed by atoms with van der Waals surface area (Å²) >= 11 is 0. The van der Waals surface area contributed by atoms with Crippen LogP contribution in [0.4, 0.5) is 0 Å². The topological polar surface area (TPSA) is 64.8 Å². The molecule has 5 nitrogen and oxygen atoms in total. The van der Waals surface area contributed by atoms with E-state index in [1.165, 1.54) is 0 Å². The van der Waals surface area contributed by atoms with Gasteiger partial charge in [-0.1, -0.05) is 0 Å². The maximum atomic E-state index is 12.6. The number of ether oxygens (including phenoxy) is 2. The van der Waals surface area contributed by atoms with Crippen LogP contribution in [0.5, 0.6) is 11.5 Å². The monoisotopic (exact) mass is 292 g/mol. The highest BCUT2D eigenvalue weighted by molar-refractivity contribution is 5.85. The quantitative estimate of drug-likeness (QED) is 0.919. The van der Waals surface area contributed by atoms with E-state index in [1.807, 2.05) is 17.0 Å². The minimum Gasteiger partial charge on any atom is -0.497 e. The minimum absolute atomic E-state index is 0.00483. The zero-order valence-corrected chi connectivity index (χ0v) is 13.0. The lowest BCUT2D eigenvalue weighted by Crippen LogP contribution is -2.52. The lowest BCUT2D eigenvalue weighted by Gasteiger charge is -2.36. The molecule has 116 valence electrons. The maximum absolute atomic E-state index is 12.6. The van der Waals surface area contributed by atoms with Crippen molar-refractivity contribution in [1.82, 2.24) is 4.90 Å². The van der Waals surface area contributed by atoms with Crippen molar-refractivity contribution in [2.24, 2.45) is 5.73 Å². The third-order valence-corrected chi connectivity index (χ3v) is 3.77. The highest BCUT2D eigenvalue weighted by Crippen LogP contribution is 2.24. The fourth-order valence-corrected chi connectivity index (χ4v) is 2.47. The second-order valence-corrected chi connectivity index (χ2v) is 5.92. The molecule has 0 atom stereocenters. The van der Waals surface area contributed by atoms with Gasteiger partial charge in [-0.3, -0.25) is 4.79 Å². The second kappa shape index (κ2) is 6.35. The fourth-order valence-electron chi connectivity index (χ4n) is 2.47. The van der Waals surface area contributed by atoms with Crippen molar-refractivity contribution >= 4 is 5.91 Å². The number of rotatable bonds is 4. The van der Waals surface area contributed by atoms with Gasteiger partial charge in [0.25, 0.3) is 5.91 Å². The third kappa shape index (κ3) is 3.88. The van der Waals surface area contributed by atoms with E-state index >= 15 is 0 Å². The average molecular weight is 292 g/mol. The van der Waals surface area contributed by atoms with Crippen molar-refractivity contribution in [3.63, 3.8) is 0 Å². The Bertz CT molecular complexity index is 477.